The van der Waals surface area contributed by atoms with E-state index in [2.05, 4.69) is 0 Å². The zero-order valence-corrected chi connectivity index (χ0v) is 8.67. The van der Waals surface area contributed by atoms with Crippen LogP contribution in [0.25, 0.3) is 0 Å². The van der Waals surface area contributed by atoms with Gasteiger partial charge in [-0.25, -0.2) is 0 Å². The van der Waals surface area contributed by atoms with E-state index in [-0.39, 0.29) is 7.69 Å². The fourth-order valence-corrected chi connectivity index (χ4v) is 1.30. The quantitative estimate of drug-likeness (QED) is 0.792. The maximum absolute atomic E-state index is 8.57. The molecule has 0 fully saturated rings. The molecule has 0 saturated heterocycles. The normalized spacial score (nSPS) is 9.56. The van der Waals surface area contributed by atoms with Gasteiger partial charge in [-0.1, -0.05) is 18.2 Å². The van der Waals surface area contributed by atoms with E-state index in [1.54, 1.807) is 24.3 Å². The van der Waals surface area contributed by atoms with Gasteiger partial charge >= 0.3 is 7.69 Å². The van der Waals surface area contributed by atoms with Crippen LogP contribution in [0.15, 0.2) is 54.6 Å². The summed E-state index contributed by atoms with van der Waals surface area (Å²) >= 11 is 0. The molecule has 0 bridgehead atoms. The van der Waals surface area contributed by atoms with E-state index in [0.29, 0.717) is 5.75 Å². The van der Waals surface area contributed by atoms with Crippen molar-refractivity contribution in [2.75, 3.05) is 0 Å². The predicted molar refractivity (Wildman–Crippen MR) is 63.0 cm³/mol. The first kappa shape index (κ1) is 10.6. The molecule has 0 aliphatic carbocycles. The van der Waals surface area contributed by atoms with E-state index in [1.807, 2.05) is 30.3 Å². The van der Waals surface area contributed by atoms with Gasteiger partial charge in [0.15, 0.2) is 0 Å². The molecule has 2 aromatic carbocycles. The fourth-order valence-electron chi connectivity index (χ4n) is 1.30. The van der Waals surface area contributed by atoms with Gasteiger partial charge in [0, 0.05) is 0 Å². The lowest BCUT2D eigenvalue weighted by atomic mass is 10.3. The smallest absolute Gasteiger partial charge is 0.504 e. The molecule has 0 aromatic heterocycles. The first-order valence-electron chi connectivity index (χ1n) is 4.95. The Balaban J connectivity index is 2.05. The molecule has 4 heteroatoms. The van der Waals surface area contributed by atoms with Crippen LogP contribution in [0.5, 0.6) is 17.2 Å². The Labute approximate surface area is 94.6 Å². The van der Waals surface area contributed by atoms with Crippen LogP contribution in [0.3, 0.4) is 0 Å². The van der Waals surface area contributed by atoms with Crippen molar-refractivity contribution in [3.8, 4) is 17.2 Å². The Morgan fingerprint density at radius 2 is 1.31 bits per heavy atom. The molecule has 0 unspecified atom stereocenters. The van der Waals surface area contributed by atoms with E-state index in [0.717, 1.165) is 11.5 Å². The lowest BCUT2D eigenvalue weighted by Gasteiger charge is -2.06. The lowest BCUT2D eigenvalue weighted by molar-refractivity contribution is 0.450. The summed E-state index contributed by atoms with van der Waals surface area (Å²) in [7, 11) is -0.321. The molecular weight excluding hydrogens is 203 g/mol. The van der Waals surface area contributed by atoms with Crippen LogP contribution in [0.4, 0.5) is 0 Å². The van der Waals surface area contributed by atoms with Gasteiger partial charge in [-0.3, -0.25) is 0 Å². The van der Waals surface area contributed by atoms with Crippen molar-refractivity contribution in [3.63, 3.8) is 0 Å². The first-order chi connectivity index (χ1) is 7.88. The van der Waals surface area contributed by atoms with Gasteiger partial charge < -0.3 is 14.4 Å². The molecule has 0 atom stereocenters. The minimum Gasteiger partial charge on any atom is -0.539 e. The van der Waals surface area contributed by atoms with Crippen molar-refractivity contribution in [2.45, 2.75) is 0 Å². The largest absolute Gasteiger partial charge is 0.539 e. The molecule has 16 heavy (non-hydrogen) atoms. The lowest BCUT2D eigenvalue weighted by Crippen LogP contribution is -1.99. The molecule has 0 amide bonds. The standard InChI is InChI=1S/C12H11BO3/c14-13-16-12-8-6-11(7-9-12)15-10-4-2-1-3-5-10/h1-9,13-14H. The summed E-state index contributed by atoms with van der Waals surface area (Å²) in [5, 5.41) is 8.57. The summed E-state index contributed by atoms with van der Waals surface area (Å²) in [5.41, 5.74) is 0. The summed E-state index contributed by atoms with van der Waals surface area (Å²) in [6.45, 7) is 0. The monoisotopic (exact) mass is 214 g/mol. The molecule has 0 radical (unpaired) electrons. The third-order valence-electron chi connectivity index (χ3n) is 2.03. The average molecular weight is 214 g/mol. The number of hydrogen-bond acceptors (Lipinski definition) is 3. The maximum Gasteiger partial charge on any atom is 0.504 e. The zero-order valence-electron chi connectivity index (χ0n) is 8.67. The topological polar surface area (TPSA) is 38.7 Å². The number of ether oxygens (including phenoxy) is 1. The van der Waals surface area contributed by atoms with Crippen LogP contribution in [0.1, 0.15) is 0 Å². The Morgan fingerprint density at radius 1 is 0.750 bits per heavy atom. The van der Waals surface area contributed by atoms with E-state index >= 15 is 0 Å². The molecule has 0 aliphatic rings. The minimum absolute atomic E-state index is 0.321. The summed E-state index contributed by atoms with van der Waals surface area (Å²) in [4.78, 5) is 0. The molecule has 80 valence electrons. The maximum atomic E-state index is 8.57. The molecular formula is C12H11BO3. The summed E-state index contributed by atoms with van der Waals surface area (Å²) in [5.74, 6) is 2.14. The minimum atomic E-state index is -0.321. The van der Waals surface area contributed by atoms with Crippen LogP contribution in [-0.2, 0) is 0 Å². The Hall–Kier alpha value is -1.94. The van der Waals surface area contributed by atoms with Crippen molar-refractivity contribution in [3.05, 3.63) is 54.6 Å². The zero-order chi connectivity index (χ0) is 11.2. The SMILES string of the molecule is OBOc1ccc(Oc2ccccc2)cc1. The third-order valence-corrected chi connectivity index (χ3v) is 2.03. The molecule has 0 spiro atoms. The van der Waals surface area contributed by atoms with Gasteiger partial charge in [0.05, 0.1) is 0 Å². The summed E-state index contributed by atoms with van der Waals surface area (Å²) in [6, 6.07) is 16.6. The molecule has 2 aromatic rings. The highest BCUT2D eigenvalue weighted by Crippen LogP contribution is 2.23. The highest BCUT2D eigenvalue weighted by atomic mass is 16.5. The van der Waals surface area contributed by atoms with E-state index in [9.17, 15) is 0 Å². The van der Waals surface area contributed by atoms with Crippen molar-refractivity contribution >= 4 is 7.69 Å². The Morgan fingerprint density at radius 3 is 1.94 bits per heavy atom. The van der Waals surface area contributed by atoms with Gasteiger partial charge in [0.1, 0.15) is 17.2 Å². The highest BCUT2D eigenvalue weighted by Gasteiger charge is 1.97. The molecule has 0 heterocycles. The number of rotatable bonds is 4. The number of benzene rings is 2. The van der Waals surface area contributed by atoms with Crippen molar-refractivity contribution in [2.24, 2.45) is 0 Å². The van der Waals surface area contributed by atoms with Crippen molar-refractivity contribution in [1.82, 2.24) is 0 Å². The van der Waals surface area contributed by atoms with Crippen LogP contribution in [0, 0.1) is 0 Å². The molecule has 3 nitrogen and oxygen atoms in total. The van der Waals surface area contributed by atoms with Crippen LogP contribution in [-0.4, -0.2) is 12.7 Å². The van der Waals surface area contributed by atoms with Crippen LogP contribution >= 0.6 is 0 Å². The fraction of sp³-hybridized carbons (Fsp3) is 0. The molecule has 0 saturated carbocycles. The molecule has 2 rings (SSSR count). The molecule has 1 N–H and O–H groups in total. The van der Waals surface area contributed by atoms with E-state index in [1.165, 1.54) is 0 Å². The number of para-hydroxylation sites is 1. The van der Waals surface area contributed by atoms with Crippen LogP contribution in [0.2, 0.25) is 0 Å². The van der Waals surface area contributed by atoms with Gasteiger partial charge in [-0.15, -0.1) is 0 Å². The Kier molecular flexibility index (Phi) is 3.46. The molecule has 0 aliphatic heterocycles. The van der Waals surface area contributed by atoms with E-state index < -0.39 is 0 Å². The highest BCUT2D eigenvalue weighted by molar-refractivity contribution is 6.17. The van der Waals surface area contributed by atoms with E-state index in [4.69, 9.17) is 14.4 Å². The van der Waals surface area contributed by atoms with Crippen molar-refractivity contribution in [1.29, 1.82) is 0 Å². The predicted octanol–water partition coefficient (Wildman–Crippen LogP) is 2.12. The second kappa shape index (κ2) is 5.23. The number of hydrogen-bond donors (Lipinski definition) is 1. The second-order valence-electron chi connectivity index (χ2n) is 3.16. The third kappa shape index (κ3) is 2.78. The Bertz CT molecular complexity index is 428. The first-order valence-corrected chi connectivity index (χ1v) is 4.95. The van der Waals surface area contributed by atoms with Crippen LogP contribution < -0.4 is 9.39 Å². The summed E-state index contributed by atoms with van der Waals surface area (Å²) in [6.07, 6.45) is 0. The second-order valence-corrected chi connectivity index (χ2v) is 3.16. The summed E-state index contributed by atoms with van der Waals surface area (Å²) < 4.78 is 10.5. The van der Waals surface area contributed by atoms with Crippen molar-refractivity contribution < 1.29 is 14.4 Å². The average Bonchev–Trinajstić information content (AvgIpc) is 2.33. The van der Waals surface area contributed by atoms with Gasteiger partial charge in [0.25, 0.3) is 0 Å². The van der Waals surface area contributed by atoms with Gasteiger partial charge in [-0.2, -0.15) is 0 Å². The van der Waals surface area contributed by atoms with Gasteiger partial charge in [-0.05, 0) is 36.4 Å². The van der Waals surface area contributed by atoms with Gasteiger partial charge in [0.2, 0.25) is 0 Å².